The third kappa shape index (κ3) is 6.05. The summed E-state index contributed by atoms with van der Waals surface area (Å²) in [5.41, 5.74) is 0. The Bertz CT molecular complexity index is 346. The number of hydrogen-bond acceptors (Lipinski definition) is 4. The van der Waals surface area contributed by atoms with E-state index < -0.39 is 0 Å². The lowest BCUT2D eigenvalue weighted by molar-refractivity contribution is -0.134. The summed E-state index contributed by atoms with van der Waals surface area (Å²) >= 11 is 0. The van der Waals surface area contributed by atoms with Crippen molar-refractivity contribution in [3.8, 4) is 0 Å². The minimum Gasteiger partial charge on any atom is -0.385 e. The van der Waals surface area contributed by atoms with Gasteiger partial charge in [0.2, 0.25) is 5.91 Å². The van der Waals surface area contributed by atoms with Gasteiger partial charge in [-0.25, -0.2) is 0 Å². The average Bonchev–Trinajstić information content (AvgIpc) is 2.56. The summed E-state index contributed by atoms with van der Waals surface area (Å²) in [6, 6.07) is 0.587. The number of rotatable bonds is 7. The highest BCUT2D eigenvalue weighted by molar-refractivity contribution is 5.78. The summed E-state index contributed by atoms with van der Waals surface area (Å²) in [5.74, 6) is 1.15. The van der Waals surface area contributed by atoms with E-state index in [1.54, 1.807) is 7.11 Å². The Morgan fingerprint density at radius 2 is 1.74 bits per heavy atom. The summed E-state index contributed by atoms with van der Waals surface area (Å²) < 4.78 is 5.13. The molecule has 0 spiro atoms. The molecule has 2 saturated heterocycles. The number of piperazine rings is 1. The van der Waals surface area contributed by atoms with Crippen molar-refractivity contribution < 1.29 is 9.53 Å². The highest BCUT2D eigenvalue weighted by Crippen LogP contribution is 2.21. The van der Waals surface area contributed by atoms with Gasteiger partial charge in [0.15, 0.2) is 0 Å². The van der Waals surface area contributed by atoms with Crippen LogP contribution >= 0.6 is 0 Å². The predicted octanol–water partition coefficient (Wildman–Crippen LogP) is 1.68. The van der Waals surface area contributed by atoms with Gasteiger partial charge in [-0.2, -0.15) is 0 Å². The Kier molecular flexibility index (Phi) is 7.80. The number of likely N-dealkylation sites (tertiary alicyclic amines) is 1. The molecule has 2 aliphatic heterocycles. The van der Waals surface area contributed by atoms with Crippen LogP contribution in [0.15, 0.2) is 0 Å². The first-order valence-electron chi connectivity index (χ1n) is 9.33. The van der Waals surface area contributed by atoms with Gasteiger partial charge in [0.1, 0.15) is 0 Å². The van der Waals surface area contributed by atoms with Crippen LogP contribution in [-0.2, 0) is 9.53 Å². The number of hydrogen-bond donors (Lipinski definition) is 0. The van der Waals surface area contributed by atoms with E-state index in [0.717, 1.165) is 51.8 Å². The van der Waals surface area contributed by atoms with E-state index >= 15 is 0 Å². The van der Waals surface area contributed by atoms with E-state index in [-0.39, 0.29) is 0 Å². The van der Waals surface area contributed by atoms with Crippen molar-refractivity contribution in [2.45, 2.75) is 45.6 Å². The zero-order valence-electron chi connectivity index (χ0n) is 15.3. The zero-order chi connectivity index (χ0) is 16.7. The molecule has 2 heterocycles. The second kappa shape index (κ2) is 9.60. The van der Waals surface area contributed by atoms with Gasteiger partial charge >= 0.3 is 0 Å². The molecule has 0 N–H and O–H groups in total. The SMILES string of the molecule is COCCCC1CCN(CC(=O)N2CCN(C(C)C)CC2)CC1. The molecular formula is C18H35N3O2. The van der Waals surface area contributed by atoms with E-state index in [4.69, 9.17) is 4.74 Å². The number of ether oxygens (including phenoxy) is 1. The normalized spacial score (nSPS) is 22.0. The quantitative estimate of drug-likeness (QED) is 0.667. The van der Waals surface area contributed by atoms with Crippen LogP contribution in [0.3, 0.4) is 0 Å². The molecule has 2 rings (SSSR count). The molecule has 134 valence electrons. The maximum atomic E-state index is 12.5. The summed E-state index contributed by atoms with van der Waals surface area (Å²) in [7, 11) is 1.77. The maximum absolute atomic E-state index is 12.5. The molecule has 5 nitrogen and oxygen atoms in total. The van der Waals surface area contributed by atoms with E-state index in [2.05, 4.69) is 28.5 Å². The molecule has 23 heavy (non-hydrogen) atoms. The molecule has 5 heteroatoms. The second-order valence-electron chi connectivity index (χ2n) is 7.37. The fourth-order valence-electron chi connectivity index (χ4n) is 3.73. The topological polar surface area (TPSA) is 36.0 Å². The van der Waals surface area contributed by atoms with Crippen molar-refractivity contribution in [3.05, 3.63) is 0 Å². The Labute approximate surface area is 141 Å². The first kappa shape index (κ1) is 18.7. The molecule has 0 saturated carbocycles. The van der Waals surface area contributed by atoms with E-state index in [1.165, 1.54) is 25.7 Å². The highest BCUT2D eigenvalue weighted by atomic mass is 16.5. The van der Waals surface area contributed by atoms with E-state index in [9.17, 15) is 4.79 Å². The van der Waals surface area contributed by atoms with Crippen LogP contribution in [0.4, 0.5) is 0 Å². The summed E-state index contributed by atoms with van der Waals surface area (Å²) in [6.45, 7) is 11.9. The van der Waals surface area contributed by atoms with E-state index in [0.29, 0.717) is 18.5 Å². The minimum absolute atomic E-state index is 0.325. The molecule has 2 aliphatic rings. The minimum atomic E-state index is 0.325. The van der Waals surface area contributed by atoms with Crippen LogP contribution in [0.1, 0.15) is 39.5 Å². The molecule has 0 radical (unpaired) electrons. The lowest BCUT2D eigenvalue weighted by Gasteiger charge is -2.38. The number of carbonyl (C=O) groups is 1. The highest BCUT2D eigenvalue weighted by Gasteiger charge is 2.25. The molecule has 0 aromatic heterocycles. The summed E-state index contributed by atoms with van der Waals surface area (Å²) in [6.07, 6.45) is 4.91. The number of piperidine rings is 1. The number of methoxy groups -OCH3 is 1. The fourth-order valence-corrected chi connectivity index (χ4v) is 3.73. The molecule has 0 aromatic carbocycles. The van der Waals surface area contributed by atoms with E-state index in [1.807, 2.05) is 0 Å². The van der Waals surface area contributed by atoms with Gasteiger partial charge in [-0.1, -0.05) is 0 Å². The van der Waals surface area contributed by atoms with Crippen molar-refractivity contribution in [2.24, 2.45) is 5.92 Å². The molecule has 0 unspecified atom stereocenters. The maximum Gasteiger partial charge on any atom is 0.236 e. The molecular weight excluding hydrogens is 290 g/mol. The van der Waals surface area contributed by atoms with Crippen LogP contribution in [0.25, 0.3) is 0 Å². The molecule has 2 fully saturated rings. The van der Waals surface area contributed by atoms with Gasteiger partial charge in [-0.05, 0) is 58.5 Å². The molecule has 1 amide bonds. The number of carbonyl (C=O) groups excluding carboxylic acids is 1. The predicted molar refractivity (Wildman–Crippen MR) is 93.6 cm³/mol. The Hall–Kier alpha value is -0.650. The van der Waals surface area contributed by atoms with Crippen LogP contribution in [-0.4, -0.2) is 86.2 Å². The lowest BCUT2D eigenvalue weighted by Crippen LogP contribution is -2.53. The van der Waals surface area contributed by atoms with Gasteiger partial charge in [0.05, 0.1) is 6.54 Å². The van der Waals surface area contributed by atoms with Gasteiger partial charge in [0, 0.05) is 45.9 Å². The zero-order valence-corrected chi connectivity index (χ0v) is 15.3. The molecule has 0 aromatic rings. The Morgan fingerprint density at radius 3 is 2.30 bits per heavy atom. The molecule has 0 atom stereocenters. The van der Waals surface area contributed by atoms with Gasteiger partial charge in [-0.15, -0.1) is 0 Å². The summed E-state index contributed by atoms with van der Waals surface area (Å²) in [5, 5.41) is 0. The monoisotopic (exact) mass is 325 g/mol. The standard InChI is InChI=1S/C18H35N3O2/c1-16(2)20-10-12-21(13-11-20)18(22)15-19-8-6-17(7-9-19)5-4-14-23-3/h16-17H,4-15H2,1-3H3. The lowest BCUT2D eigenvalue weighted by atomic mass is 9.92. The van der Waals surface area contributed by atoms with Gasteiger partial charge in [0.25, 0.3) is 0 Å². The third-order valence-corrected chi connectivity index (χ3v) is 5.42. The first-order valence-corrected chi connectivity index (χ1v) is 9.33. The smallest absolute Gasteiger partial charge is 0.236 e. The van der Waals surface area contributed by atoms with Crippen LogP contribution in [0.5, 0.6) is 0 Å². The molecule has 0 aliphatic carbocycles. The van der Waals surface area contributed by atoms with Crippen LogP contribution < -0.4 is 0 Å². The van der Waals surface area contributed by atoms with Crippen molar-refractivity contribution >= 4 is 5.91 Å². The first-order chi connectivity index (χ1) is 11.1. The van der Waals surface area contributed by atoms with Crippen molar-refractivity contribution in [2.75, 3.05) is 59.5 Å². The number of amides is 1. The van der Waals surface area contributed by atoms with Crippen LogP contribution in [0, 0.1) is 5.92 Å². The average molecular weight is 325 g/mol. The van der Waals surface area contributed by atoms with Crippen molar-refractivity contribution in [3.63, 3.8) is 0 Å². The van der Waals surface area contributed by atoms with Gasteiger partial charge < -0.3 is 9.64 Å². The van der Waals surface area contributed by atoms with Gasteiger partial charge in [-0.3, -0.25) is 14.6 Å². The Morgan fingerprint density at radius 1 is 1.09 bits per heavy atom. The van der Waals surface area contributed by atoms with Crippen LogP contribution in [0.2, 0.25) is 0 Å². The second-order valence-corrected chi connectivity index (χ2v) is 7.37. The van der Waals surface area contributed by atoms with Crippen molar-refractivity contribution in [1.29, 1.82) is 0 Å². The number of nitrogens with zero attached hydrogens (tertiary/aromatic N) is 3. The summed E-state index contributed by atoms with van der Waals surface area (Å²) in [4.78, 5) is 19.3. The van der Waals surface area contributed by atoms with Crippen molar-refractivity contribution in [1.82, 2.24) is 14.7 Å². The molecule has 0 bridgehead atoms. The Balaban J connectivity index is 1.63. The largest absolute Gasteiger partial charge is 0.385 e. The fraction of sp³-hybridized carbons (Fsp3) is 0.944. The third-order valence-electron chi connectivity index (χ3n) is 5.42.